The third-order valence-corrected chi connectivity index (χ3v) is 5.27. The van der Waals surface area contributed by atoms with Gasteiger partial charge < -0.3 is 11.2 Å². The van der Waals surface area contributed by atoms with E-state index >= 15 is 0 Å². The van der Waals surface area contributed by atoms with E-state index < -0.39 is 5.25 Å². The predicted octanol–water partition coefficient (Wildman–Crippen LogP) is 4.13. The SMILES string of the molecule is CC(Sc1nnc(-c2ccc(Cl)cc2)n1N)C(=O)Nc1ncc(Cl)cc1Cl. The molecule has 1 unspecified atom stereocenters. The van der Waals surface area contributed by atoms with Crippen LogP contribution < -0.4 is 11.2 Å². The van der Waals surface area contributed by atoms with Gasteiger partial charge in [0.1, 0.15) is 0 Å². The van der Waals surface area contributed by atoms with Crippen LogP contribution in [0.15, 0.2) is 41.7 Å². The summed E-state index contributed by atoms with van der Waals surface area (Å²) in [6.07, 6.45) is 1.40. The van der Waals surface area contributed by atoms with Gasteiger partial charge in [-0.15, -0.1) is 10.2 Å². The molecule has 11 heteroatoms. The lowest BCUT2D eigenvalue weighted by atomic mass is 10.2. The Morgan fingerprint density at radius 1 is 1.19 bits per heavy atom. The molecular formula is C16H13Cl3N6OS. The molecule has 1 atom stereocenters. The first-order chi connectivity index (χ1) is 12.8. The number of thioether (sulfide) groups is 1. The summed E-state index contributed by atoms with van der Waals surface area (Å²) in [4.78, 5) is 16.4. The number of pyridine rings is 1. The Hall–Kier alpha value is -2.00. The number of nitrogens with zero attached hydrogens (tertiary/aromatic N) is 4. The predicted molar refractivity (Wildman–Crippen MR) is 109 cm³/mol. The first kappa shape index (κ1) is 19.8. The van der Waals surface area contributed by atoms with Crippen LogP contribution in [0, 0.1) is 0 Å². The van der Waals surface area contributed by atoms with E-state index in [0.717, 1.165) is 17.3 Å². The van der Waals surface area contributed by atoms with Gasteiger partial charge in [0.05, 0.1) is 15.3 Å². The number of halogens is 3. The second-order valence-corrected chi connectivity index (χ2v) is 8.00. The van der Waals surface area contributed by atoms with Crippen LogP contribution in [-0.2, 0) is 4.79 Å². The lowest BCUT2D eigenvalue weighted by Gasteiger charge is -2.12. The summed E-state index contributed by atoms with van der Waals surface area (Å²) in [5.41, 5.74) is 0.760. The zero-order valence-corrected chi connectivity index (χ0v) is 16.9. The monoisotopic (exact) mass is 442 g/mol. The summed E-state index contributed by atoms with van der Waals surface area (Å²) in [5, 5.41) is 11.9. The lowest BCUT2D eigenvalue weighted by molar-refractivity contribution is -0.115. The Kier molecular flexibility index (Phi) is 6.11. The fraction of sp³-hybridized carbons (Fsp3) is 0.125. The minimum atomic E-state index is -0.525. The van der Waals surface area contributed by atoms with Gasteiger partial charge in [-0.2, -0.15) is 0 Å². The highest BCUT2D eigenvalue weighted by Gasteiger charge is 2.21. The van der Waals surface area contributed by atoms with E-state index in [1.165, 1.54) is 16.9 Å². The number of amides is 1. The van der Waals surface area contributed by atoms with Crippen molar-refractivity contribution in [3.63, 3.8) is 0 Å². The van der Waals surface area contributed by atoms with Crippen LogP contribution in [0.25, 0.3) is 11.4 Å². The van der Waals surface area contributed by atoms with Gasteiger partial charge in [-0.3, -0.25) is 4.79 Å². The lowest BCUT2D eigenvalue weighted by Crippen LogP contribution is -2.24. The highest BCUT2D eigenvalue weighted by Crippen LogP contribution is 2.27. The van der Waals surface area contributed by atoms with Crippen LogP contribution >= 0.6 is 46.6 Å². The average molecular weight is 444 g/mol. The van der Waals surface area contributed by atoms with Crippen molar-refractivity contribution in [2.45, 2.75) is 17.3 Å². The number of nitrogens with one attached hydrogen (secondary N) is 1. The highest BCUT2D eigenvalue weighted by atomic mass is 35.5. The molecule has 7 nitrogen and oxygen atoms in total. The molecule has 0 aliphatic heterocycles. The Morgan fingerprint density at radius 3 is 2.56 bits per heavy atom. The molecule has 1 amide bonds. The molecule has 0 saturated heterocycles. The number of anilines is 1. The maximum absolute atomic E-state index is 12.4. The number of nitrogens with two attached hydrogens (primary N) is 1. The second kappa shape index (κ2) is 8.35. The number of benzene rings is 1. The van der Waals surface area contributed by atoms with E-state index in [0.29, 0.717) is 21.0 Å². The molecule has 0 spiro atoms. The van der Waals surface area contributed by atoms with Gasteiger partial charge in [-0.1, -0.05) is 46.6 Å². The van der Waals surface area contributed by atoms with Crippen molar-refractivity contribution in [1.82, 2.24) is 19.9 Å². The van der Waals surface area contributed by atoms with E-state index in [1.807, 2.05) is 0 Å². The topological polar surface area (TPSA) is 98.7 Å². The van der Waals surface area contributed by atoms with E-state index in [-0.39, 0.29) is 16.7 Å². The van der Waals surface area contributed by atoms with E-state index in [4.69, 9.17) is 40.6 Å². The van der Waals surface area contributed by atoms with Crippen LogP contribution in [0.4, 0.5) is 5.82 Å². The van der Waals surface area contributed by atoms with Crippen LogP contribution in [0.3, 0.4) is 0 Å². The minimum absolute atomic E-state index is 0.231. The summed E-state index contributed by atoms with van der Waals surface area (Å²) < 4.78 is 1.32. The smallest absolute Gasteiger partial charge is 0.238 e. The summed E-state index contributed by atoms with van der Waals surface area (Å²) in [6, 6.07) is 8.54. The average Bonchev–Trinajstić information content (AvgIpc) is 2.98. The Bertz CT molecular complexity index is 979. The molecule has 27 heavy (non-hydrogen) atoms. The van der Waals surface area contributed by atoms with Crippen LogP contribution in [0.5, 0.6) is 0 Å². The van der Waals surface area contributed by atoms with E-state index in [2.05, 4.69) is 20.5 Å². The molecule has 3 aromatic rings. The third kappa shape index (κ3) is 4.65. The van der Waals surface area contributed by atoms with E-state index in [1.54, 1.807) is 31.2 Å². The number of carbonyl (C=O) groups is 1. The molecule has 3 rings (SSSR count). The molecule has 1 aromatic carbocycles. The molecule has 0 fully saturated rings. The molecule has 0 aliphatic rings. The van der Waals surface area contributed by atoms with Gasteiger partial charge in [0, 0.05) is 16.8 Å². The number of hydrogen-bond acceptors (Lipinski definition) is 6. The minimum Gasteiger partial charge on any atom is -0.335 e. The number of rotatable bonds is 5. The normalized spacial score (nSPS) is 12.0. The molecule has 0 aliphatic carbocycles. The summed E-state index contributed by atoms with van der Waals surface area (Å²) in [5.74, 6) is 6.45. The molecule has 2 aromatic heterocycles. The van der Waals surface area contributed by atoms with Crippen LogP contribution in [-0.4, -0.2) is 31.0 Å². The van der Waals surface area contributed by atoms with Crippen molar-refractivity contribution in [2.24, 2.45) is 0 Å². The molecule has 0 saturated carbocycles. The third-order valence-electron chi connectivity index (χ3n) is 3.47. The van der Waals surface area contributed by atoms with Gasteiger partial charge in [0.2, 0.25) is 11.1 Å². The molecular weight excluding hydrogens is 431 g/mol. The summed E-state index contributed by atoms with van der Waals surface area (Å²) >= 11 is 18.9. The maximum Gasteiger partial charge on any atom is 0.238 e. The van der Waals surface area contributed by atoms with Crippen molar-refractivity contribution in [1.29, 1.82) is 0 Å². The van der Waals surface area contributed by atoms with Gasteiger partial charge in [0.15, 0.2) is 11.6 Å². The number of nitrogen functional groups attached to an aromatic ring is 1. The number of hydrogen-bond donors (Lipinski definition) is 2. The molecule has 3 N–H and O–H groups in total. The largest absolute Gasteiger partial charge is 0.335 e. The van der Waals surface area contributed by atoms with E-state index in [9.17, 15) is 4.79 Å². The van der Waals surface area contributed by atoms with Crippen molar-refractivity contribution in [3.8, 4) is 11.4 Å². The zero-order valence-electron chi connectivity index (χ0n) is 13.9. The van der Waals surface area contributed by atoms with Crippen molar-refractivity contribution in [2.75, 3.05) is 11.2 Å². The quantitative estimate of drug-likeness (QED) is 0.454. The Morgan fingerprint density at radius 2 is 1.89 bits per heavy atom. The number of aromatic nitrogens is 4. The van der Waals surface area contributed by atoms with Crippen molar-refractivity contribution < 1.29 is 4.79 Å². The molecule has 2 heterocycles. The standard InChI is InChI=1S/C16H13Cl3N6OS/c1-8(15(26)22-13-12(19)6-11(18)7-21-13)27-16-24-23-14(25(16)20)9-2-4-10(17)5-3-9/h2-8H,20H2,1H3,(H,21,22,26). The molecule has 0 radical (unpaired) electrons. The van der Waals surface area contributed by atoms with Gasteiger partial charge in [0.25, 0.3) is 0 Å². The number of carbonyl (C=O) groups excluding carboxylic acids is 1. The van der Waals surface area contributed by atoms with Gasteiger partial charge >= 0.3 is 0 Å². The van der Waals surface area contributed by atoms with Crippen LogP contribution in [0.1, 0.15) is 6.92 Å². The Balaban J connectivity index is 1.71. The van der Waals surface area contributed by atoms with Crippen molar-refractivity contribution >= 4 is 58.3 Å². The van der Waals surface area contributed by atoms with Gasteiger partial charge in [-0.05, 0) is 37.3 Å². The van der Waals surface area contributed by atoms with Crippen LogP contribution in [0.2, 0.25) is 15.1 Å². The highest BCUT2D eigenvalue weighted by molar-refractivity contribution is 8.00. The summed E-state index contributed by atoms with van der Waals surface area (Å²) in [6.45, 7) is 1.71. The first-order valence-corrected chi connectivity index (χ1v) is 9.61. The summed E-state index contributed by atoms with van der Waals surface area (Å²) in [7, 11) is 0. The molecule has 0 bridgehead atoms. The molecule has 140 valence electrons. The first-order valence-electron chi connectivity index (χ1n) is 7.60. The van der Waals surface area contributed by atoms with Crippen molar-refractivity contribution in [3.05, 3.63) is 51.6 Å². The zero-order chi connectivity index (χ0) is 19.6. The second-order valence-electron chi connectivity index (χ2n) is 5.42. The fourth-order valence-corrected chi connectivity index (χ4v) is 3.41. The maximum atomic E-state index is 12.4. The fourth-order valence-electron chi connectivity index (χ4n) is 2.09. The Labute approximate surface area is 174 Å². The van der Waals surface area contributed by atoms with Gasteiger partial charge in [-0.25, -0.2) is 9.66 Å².